The van der Waals surface area contributed by atoms with Crippen LogP contribution in [0.15, 0.2) is 48.1 Å². The van der Waals surface area contributed by atoms with Crippen LogP contribution >= 0.6 is 11.3 Å². The number of hydrogen-bond acceptors (Lipinski definition) is 3. The number of nitrogens with zero attached hydrogens (tertiary/aromatic N) is 3. The highest BCUT2D eigenvalue weighted by molar-refractivity contribution is 7.09. The molecule has 4 rings (SSSR count). The Morgan fingerprint density at radius 2 is 2.22 bits per heavy atom. The van der Waals surface area contributed by atoms with Crippen LogP contribution in [0.3, 0.4) is 0 Å². The molecule has 1 N–H and O–H groups in total. The van der Waals surface area contributed by atoms with Crippen molar-refractivity contribution in [2.45, 2.75) is 19.0 Å². The van der Waals surface area contributed by atoms with E-state index in [0.29, 0.717) is 12.6 Å². The van der Waals surface area contributed by atoms with Crippen molar-refractivity contribution in [2.75, 3.05) is 13.1 Å². The minimum atomic E-state index is 0.0188. The quantitative estimate of drug-likeness (QED) is 0.803. The lowest BCUT2D eigenvalue weighted by Crippen LogP contribution is -2.38. The molecule has 0 bridgehead atoms. The smallest absolute Gasteiger partial charge is 0.317 e. The van der Waals surface area contributed by atoms with Gasteiger partial charge in [-0.15, -0.1) is 11.3 Å². The summed E-state index contributed by atoms with van der Waals surface area (Å²) in [4.78, 5) is 19.8. The van der Waals surface area contributed by atoms with E-state index in [1.54, 1.807) is 11.3 Å². The van der Waals surface area contributed by atoms with Crippen LogP contribution < -0.4 is 5.32 Å². The molecule has 1 aliphatic heterocycles. The standard InChI is InChI=1S/C17H18N4OS/c22-17(18-10-14-4-3-9-23-14)20-8-7-13(11-20)21-12-19-15-5-1-2-6-16(15)21/h1-6,9,12-13H,7-8,10-11H2,(H,18,22). The number of rotatable bonds is 3. The fourth-order valence-corrected chi connectivity index (χ4v) is 3.75. The highest BCUT2D eigenvalue weighted by Crippen LogP contribution is 2.25. The minimum Gasteiger partial charge on any atom is -0.333 e. The third-order valence-corrected chi connectivity index (χ3v) is 5.20. The molecule has 1 saturated heterocycles. The van der Waals surface area contributed by atoms with Crippen molar-refractivity contribution < 1.29 is 4.79 Å². The predicted octanol–water partition coefficient (Wildman–Crippen LogP) is 3.25. The second-order valence-electron chi connectivity index (χ2n) is 5.77. The first-order valence-corrected chi connectivity index (χ1v) is 8.66. The van der Waals surface area contributed by atoms with E-state index in [2.05, 4.69) is 20.9 Å². The van der Waals surface area contributed by atoms with Gasteiger partial charge in [0.05, 0.1) is 29.9 Å². The monoisotopic (exact) mass is 326 g/mol. The molecule has 2 amide bonds. The zero-order valence-electron chi connectivity index (χ0n) is 12.7. The van der Waals surface area contributed by atoms with Gasteiger partial charge in [-0.25, -0.2) is 9.78 Å². The molecular formula is C17H18N4OS. The van der Waals surface area contributed by atoms with E-state index in [9.17, 15) is 4.79 Å². The van der Waals surface area contributed by atoms with Crippen LogP contribution in [0.25, 0.3) is 11.0 Å². The van der Waals surface area contributed by atoms with Gasteiger partial charge in [-0.1, -0.05) is 18.2 Å². The molecule has 5 nitrogen and oxygen atoms in total. The topological polar surface area (TPSA) is 50.2 Å². The van der Waals surface area contributed by atoms with Crippen LogP contribution in [-0.4, -0.2) is 33.6 Å². The van der Waals surface area contributed by atoms with Crippen molar-refractivity contribution in [3.8, 4) is 0 Å². The number of carbonyl (C=O) groups is 1. The van der Waals surface area contributed by atoms with E-state index in [0.717, 1.165) is 30.5 Å². The number of amides is 2. The SMILES string of the molecule is O=C(NCc1cccs1)N1CCC(n2cnc3ccccc32)C1. The number of imidazole rings is 1. The van der Waals surface area contributed by atoms with Crippen LogP contribution in [0.2, 0.25) is 0 Å². The van der Waals surface area contributed by atoms with Gasteiger partial charge in [-0.2, -0.15) is 0 Å². The summed E-state index contributed by atoms with van der Waals surface area (Å²) in [5.74, 6) is 0. The third kappa shape index (κ3) is 2.82. The van der Waals surface area contributed by atoms with Crippen molar-refractivity contribution in [3.05, 3.63) is 53.0 Å². The lowest BCUT2D eigenvalue weighted by molar-refractivity contribution is 0.207. The van der Waals surface area contributed by atoms with E-state index < -0.39 is 0 Å². The molecule has 1 unspecified atom stereocenters. The molecule has 6 heteroatoms. The number of aromatic nitrogens is 2. The van der Waals surface area contributed by atoms with Crippen LogP contribution in [0.1, 0.15) is 17.3 Å². The highest BCUT2D eigenvalue weighted by atomic mass is 32.1. The Hall–Kier alpha value is -2.34. The number of nitrogens with one attached hydrogen (secondary N) is 1. The summed E-state index contributed by atoms with van der Waals surface area (Å²) in [5, 5.41) is 5.03. The summed E-state index contributed by atoms with van der Waals surface area (Å²) in [6, 6.07) is 12.5. The number of para-hydroxylation sites is 2. The van der Waals surface area contributed by atoms with E-state index in [-0.39, 0.29) is 6.03 Å². The van der Waals surface area contributed by atoms with Gasteiger partial charge in [-0.05, 0) is 30.0 Å². The molecule has 3 heterocycles. The van der Waals surface area contributed by atoms with Gasteiger partial charge in [0.1, 0.15) is 0 Å². The van der Waals surface area contributed by atoms with Gasteiger partial charge in [0.15, 0.2) is 0 Å². The summed E-state index contributed by atoms with van der Waals surface area (Å²) < 4.78 is 2.20. The van der Waals surface area contributed by atoms with E-state index in [1.807, 2.05) is 46.9 Å². The van der Waals surface area contributed by atoms with Crippen molar-refractivity contribution in [1.29, 1.82) is 0 Å². The van der Waals surface area contributed by atoms with Gasteiger partial charge in [-0.3, -0.25) is 0 Å². The maximum Gasteiger partial charge on any atom is 0.317 e. The first kappa shape index (κ1) is 14.3. The number of benzene rings is 1. The Balaban J connectivity index is 1.41. The maximum absolute atomic E-state index is 12.3. The number of urea groups is 1. The second-order valence-corrected chi connectivity index (χ2v) is 6.80. The molecule has 0 spiro atoms. The van der Waals surface area contributed by atoms with Gasteiger partial charge in [0.25, 0.3) is 0 Å². The van der Waals surface area contributed by atoms with Gasteiger partial charge in [0.2, 0.25) is 0 Å². The first-order chi connectivity index (χ1) is 11.3. The molecule has 0 saturated carbocycles. The summed E-state index contributed by atoms with van der Waals surface area (Å²) in [6.07, 6.45) is 2.86. The second kappa shape index (κ2) is 6.04. The lowest BCUT2D eigenvalue weighted by atomic mass is 10.2. The summed E-state index contributed by atoms with van der Waals surface area (Å²) >= 11 is 1.66. The first-order valence-electron chi connectivity index (χ1n) is 7.78. The normalized spacial score (nSPS) is 17.7. The highest BCUT2D eigenvalue weighted by Gasteiger charge is 2.28. The van der Waals surface area contributed by atoms with Crippen molar-refractivity contribution in [3.63, 3.8) is 0 Å². The third-order valence-electron chi connectivity index (χ3n) is 4.32. The fourth-order valence-electron chi connectivity index (χ4n) is 3.11. The number of thiophene rings is 1. The molecule has 1 atom stereocenters. The van der Waals surface area contributed by atoms with Crippen LogP contribution in [0.4, 0.5) is 4.79 Å². The van der Waals surface area contributed by atoms with Gasteiger partial charge < -0.3 is 14.8 Å². The number of hydrogen-bond donors (Lipinski definition) is 1. The molecule has 23 heavy (non-hydrogen) atoms. The van der Waals surface area contributed by atoms with Crippen LogP contribution in [0.5, 0.6) is 0 Å². The zero-order chi connectivity index (χ0) is 15.6. The van der Waals surface area contributed by atoms with Crippen LogP contribution in [0, 0.1) is 0 Å². The average Bonchev–Trinajstić information content (AvgIpc) is 3.31. The molecule has 118 valence electrons. The zero-order valence-corrected chi connectivity index (χ0v) is 13.5. The van der Waals surface area contributed by atoms with Crippen molar-refractivity contribution in [1.82, 2.24) is 19.8 Å². The molecule has 0 radical (unpaired) electrons. The summed E-state index contributed by atoms with van der Waals surface area (Å²) in [6.45, 7) is 2.12. The van der Waals surface area contributed by atoms with Crippen molar-refractivity contribution in [2.24, 2.45) is 0 Å². The molecule has 1 fully saturated rings. The van der Waals surface area contributed by atoms with Crippen LogP contribution in [-0.2, 0) is 6.54 Å². The molecule has 1 aliphatic rings. The van der Waals surface area contributed by atoms with E-state index >= 15 is 0 Å². The Morgan fingerprint density at radius 1 is 1.30 bits per heavy atom. The Kier molecular flexibility index (Phi) is 3.75. The fraction of sp³-hybridized carbons (Fsp3) is 0.294. The molecule has 3 aromatic rings. The van der Waals surface area contributed by atoms with Gasteiger partial charge in [0, 0.05) is 18.0 Å². The van der Waals surface area contributed by atoms with Crippen molar-refractivity contribution >= 4 is 28.4 Å². The Bertz CT molecular complexity index is 811. The summed E-state index contributed by atoms with van der Waals surface area (Å²) in [7, 11) is 0. The molecule has 2 aromatic heterocycles. The average molecular weight is 326 g/mol. The largest absolute Gasteiger partial charge is 0.333 e. The predicted molar refractivity (Wildman–Crippen MR) is 91.5 cm³/mol. The lowest BCUT2D eigenvalue weighted by Gasteiger charge is -2.18. The van der Waals surface area contributed by atoms with E-state index in [4.69, 9.17) is 0 Å². The van der Waals surface area contributed by atoms with E-state index in [1.165, 1.54) is 4.88 Å². The molecule has 0 aliphatic carbocycles. The van der Waals surface area contributed by atoms with Gasteiger partial charge >= 0.3 is 6.03 Å². The number of fused-ring (bicyclic) bond motifs is 1. The Labute approximate surface area is 138 Å². The Morgan fingerprint density at radius 3 is 3.09 bits per heavy atom. The number of likely N-dealkylation sites (tertiary alicyclic amines) is 1. The summed E-state index contributed by atoms with van der Waals surface area (Å²) in [5.41, 5.74) is 2.14. The minimum absolute atomic E-state index is 0.0188. The maximum atomic E-state index is 12.3. The molecular weight excluding hydrogens is 308 g/mol. The molecule has 1 aromatic carbocycles. The number of carbonyl (C=O) groups excluding carboxylic acids is 1.